The summed E-state index contributed by atoms with van der Waals surface area (Å²) in [4.78, 5) is 43.9. The molecule has 11 nitrogen and oxygen atoms in total. The maximum atomic E-state index is 12.9. The van der Waals surface area contributed by atoms with Crippen molar-refractivity contribution in [3.8, 4) is 22.9 Å². The Labute approximate surface area is 200 Å². The van der Waals surface area contributed by atoms with Crippen molar-refractivity contribution >= 4 is 23.7 Å². The van der Waals surface area contributed by atoms with Crippen molar-refractivity contribution in [3.05, 3.63) is 53.1 Å². The normalized spacial score (nSPS) is 17.0. The van der Waals surface area contributed by atoms with Crippen LogP contribution in [0.1, 0.15) is 43.9 Å². The standard InChI is InChI=1S/C24H23N5O6/c1-33-14-6-8-17(19(11-14)34-2)20-25-24(28-27-20)26-21(30)13-5-7-16-18(10-13)23(32)29(22(16)31)12-15-4-3-9-35-15/h5-8,10-11,15H,3-4,9,12H2,1-2H3,(H2,25,26,27,28,30). The van der Waals surface area contributed by atoms with Gasteiger partial charge in [-0.05, 0) is 43.2 Å². The minimum absolute atomic E-state index is 0.0470. The van der Waals surface area contributed by atoms with E-state index in [4.69, 9.17) is 14.2 Å². The van der Waals surface area contributed by atoms with Crippen LogP contribution in [0.15, 0.2) is 36.4 Å². The first-order chi connectivity index (χ1) is 17.0. The first-order valence-electron chi connectivity index (χ1n) is 11.1. The lowest BCUT2D eigenvalue weighted by Gasteiger charge is -2.17. The Morgan fingerprint density at radius 2 is 1.91 bits per heavy atom. The smallest absolute Gasteiger partial charge is 0.261 e. The maximum absolute atomic E-state index is 12.9. The molecule has 5 rings (SSSR count). The van der Waals surface area contributed by atoms with Crippen LogP contribution in [0.2, 0.25) is 0 Å². The molecule has 0 spiro atoms. The van der Waals surface area contributed by atoms with Gasteiger partial charge in [-0.25, -0.2) is 0 Å². The van der Waals surface area contributed by atoms with Crippen LogP contribution in [-0.2, 0) is 4.74 Å². The highest BCUT2D eigenvalue weighted by molar-refractivity contribution is 6.22. The van der Waals surface area contributed by atoms with Crippen molar-refractivity contribution in [2.24, 2.45) is 0 Å². The Kier molecular flexibility index (Phi) is 5.91. The molecule has 1 atom stereocenters. The molecule has 0 bridgehead atoms. The number of hydrogen-bond acceptors (Lipinski definition) is 8. The minimum Gasteiger partial charge on any atom is -0.497 e. The van der Waals surface area contributed by atoms with Gasteiger partial charge in [-0.3, -0.25) is 29.7 Å². The number of fused-ring (bicyclic) bond motifs is 1. The number of aromatic nitrogens is 3. The fourth-order valence-electron chi connectivity index (χ4n) is 4.20. The second kappa shape index (κ2) is 9.18. The SMILES string of the molecule is COc1ccc(-c2nc(NC(=O)c3ccc4c(c3)C(=O)N(CC3CCCO3)C4=O)n[nH]2)c(OC)c1. The van der Waals surface area contributed by atoms with Gasteiger partial charge in [0, 0.05) is 18.2 Å². The number of anilines is 1. The Morgan fingerprint density at radius 3 is 2.66 bits per heavy atom. The number of carbonyl (C=O) groups is 3. The van der Waals surface area contributed by atoms with E-state index in [1.807, 2.05) is 0 Å². The summed E-state index contributed by atoms with van der Waals surface area (Å²) >= 11 is 0. The van der Waals surface area contributed by atoms with Crippen LogP contribution in [-0.4, -0.2) is 71.3 Å². The molecule has 1 saturated heterocycles. The van der Waals surface area contributed by atoms with Crippen molar-refractivity contribution in [2.45, 2.75) is 18.9 Å². The molecule has 2 N–H and O–H groups in total. The first kappa shape index (κ1) is 22.5. The fraction of sp³-hybridized carbons (Fsp3) is 0.292. The third-order valence-corrected chi connectivity index (χ3v) is 6.02. The van der Waals surface area contributed by atoms with Gasteiger partial charge in [0.1, 0.15) is 11.5 Å². The summed E-state index contributed by atoms with van der Waals surface area (Å²) in [6.45, 7) is 0.842. The molecule has 0 radical (unpaired) electrons. The molecular weight excluding hydrogens is 454 g/mol. The number of carbonyl (C=O) groups excluding carboxylic acids is 3. The largest absolute Gasteiger partial charge is 0.497 e. The average molecular weight is 477 g/mol. The lowest BCUT2D eigenvalue weighted by molar-refractivity contribution is 0.0475. The van der Waals surface area contributed by atoms with E-state index in [0.29, 0.717) is 29.5 Å². The zero-order chi connectivity index (χ0) is 24.5. The average Bonchev–Trinajstić information content (AvgIpc) is 3.62. The highest BCUT2D eigenvalue weighted by Gasteiger charge is 2.38. The quantitative estimate of drug-likeness (QED) is 0.496. The summed E-state index contributed by atoms with van der Waals surface area (Å²) < 4.78 is 16.1. The molecule has 3 heterocycles. The topological polar surface area (TPSA) is 136 Å². The Hall–Kier alpha value is -4.25. The lowest BCUT2D eigenvalue weighted by Crippen LogP contribution is -2.36. The number of H-pyrrole nitrogens is 1. The molecule has 2 aliphatic rings. The van der Waals surface area contributed by atoms with Crippen LogP contribution in [0.3, 0.4) is 0 Å². The number of benzene rings is 2. The number of methoxy groups -OCH3 is 2. The van der Waals surface area contributed by atoms with Gasteiger partial charge in [0.15, 0.2) is 5.82 Å². The summed E-state index contributed by atoms with van der Waals surface area (Å²) in [5, 5.41) is 9.43. The molecule has 1 fully saturated rings. The van der Waals surface area contributed by atoms with Gasteiger partial charge in [0.25, 0.3) is 17.7 Å². The number of ether oxygens (including phenoxy) is 3. The van der Waals surface area contributed by atoms with Crippen LogP contribution in [0.25, 0.3) is 11.4 Å². The molecular formula is C24H23N5O6. The first-order valence-corrected chi connectivity index (χ1v) is 11.1. The molecule has 1 aromatic heterocycles. The molecule has 0 aliphatic carbocycles. The van der Waals surface area contributed by atoms with Gasteiger partial charge in [-0.2, -0.15) is 4.98 Å². The van der Waals surface area contributed by atoms with Crippen molar-refractivity contribution in [1.82, 2.24) is 20.1 Å². The van der Waals surface area contributed by atoms with Crippen LogP contribution >= 0.6 is 0 Å². The predicted octanol–water partition coefficient (Wildman–Crippen LogP) is 2.52. The van der Waals surface area contributed by atoms with E-state index in [9.17, 15) is 14.4 Å². The van der Waals surface area contributed by atoms with E-state index in [2.05, 4.69) is 20.5 Å². The summed E-state index contributed by atoms with van der Waals surface area (Å²) in [5.41, 5.74) is 1.31. The molecule has 0 saturated carbocycles. The number of aromatic amines is 1. The summed E-state index contributed by atoms with van der Waals surface area (Å²) in [7, 11) is 3.08. The van der Waals surface area contributed by atoms with Crippen molar-refractivity contribution in [1.29, 1.82) is 0 Å². The van der Waals surface area contributed by atoms with Crippen molar-refractivity contribution in [2.75, 3.05) is 32.7 Å². The third kappa shape index (κ3) is 4.21. The fourth-order valence-corrected chi connectivity index (χ4v) is 4.20. The van der Waals surface area contributed by atoms with Gasteiger partial charge in [-0.1, -0.05) is 0 Å². The molecule has 1 unspecified atom stereocenters. The highest BCUT2D eigenvalue weighted by atomic mass is 16.5. The maximum Gasteiger partial charge on any atom is 0.261 e. The zero-order valence-electron chi connectivity index (χ0n) is 19.2. The molecule has 2 aromatic carbocycles. The van der Waals surface area contributed by atoms with Crippen molar-refractivity contribution < 1.29 is 28.6 Å². The van der Waals surface area contributed by atoms with Gasteiger partial charge in [-0.15, -0.1) is 5.10 Å². The Bertz CT molecular complexity index is 1310. The molecule has 11 heteroatoms. The van der Waals surface area contributed by atoms with Crippen molar-refractivity contribution in [3.63, 3.8) is 0 Å². The highest BCUT2D eigenvalue weighted by Crippen LogP contribution is 2.32. The number of nitrogens with one attached hydrogen (secondary N) is 2. The number of hydrogen-bond donors (Lipinski definition) is 2. The molecule has 3 aromatic rings. The predicted molar refractivity (Wildman–Crippen MR) is 124 cm³/mol. The van der Waals surface area contributed by atoms with E-state index >= 15 is 0 Å². The second-order valence-electron chi connectivity index (χ2n) is 8.14. The van der Waals surface area contributed by atoms with Gasteiger partial charge in [0.2, 0.25) is 5.95 Å². The monoisotopic (exact) mass is 477 g/mol. The van der Waals surface area contributed by atoms with Crippen LogP contribution < -0.4 is 14.8 Å². The summed E-state index contributed by atoms with van der Waals surface area (Å²) in [6.07, 6.45) is 1.57. The van der Waals surface area contributed by atoms with E-state index in [1.54, 1.807) is 25.3 Å². The molecule has 3 amide bonds. The number of rotatable bonds is 7. The summed E-state index contributed by atoms with van der Waals surface area (Å²) in [5.74, 6) is 0.259. The number of imide groups is 1. The van der Waals surface area contributed by atoms with Gasteiger partial charge in [0.05, 0.1) is 43.6 Å². The van der Waals surface area contributed by atoms with Crippen LogP contribution in [0, 0.1) is 0 Å². The van der Waals surface area contributed by atoms with E-state index in [1.165, 1.54) is 30.2 Å². The van der Waals surface area contributed by atoms with Gasteiger partial charge >= 0.3 is 0 Å². The summed E-state index contributed by atoms with van der Waals surface area (Å²) in [6, 6.07) is 9.63. The number of amides is 3. The minimum atomic E-state index is -0.516. The second-order valence-corrected chi connectivity index (χ2v) is 8.14. The van der Waals surface area contributed by atoms with E-state index in [0.717, 1.165) is 12.8 Å². The van der Waals surface area contributed by atoms with Crippen LogP contribution in [0.4, 0.5) is 5.95 Å². The van der Waals surface area contributed by atoms with Gasteiger partial charge < -0.3 is 14.2 Å². The Balaban J connectivity index is 1.32. The lowest BCUT2D eigenvalue weighted by atomic mass is 10.1. The van der Waals surface area contributed by atoms with Crippen LogP contribution in [0.5, 0.6) is 11.5 Å². The third-order valence-electron chi connectivity index (χ3n) is 6.02. The number of nitrogens with zero attached hydrogens (tertiary/aromatic N) is 3. The van der Waals surface area contributed by atoms with E-state index < -0.39 is 11.8 Å². The zero-order valence-corrected chi connectivity index (χ0v) is 19.2. The molecule has 35 heavy (non-hydrogen) atoms. The molecule has 2 aliphatic heterocycles. The molecule has 180 valence electrons. The van der Waals surface area contributed by atoms with E-state index in [-0.39, 0.29) is 41.2 Å². The Morgan fingerprint density at radius 1 is 1.11 bits per heavy atom.